The van der Waals surface area contributed by atoms with Gasteiger partial charge in [-0.2, -0.15) is 0 Å². The van der Waals surface area contributed by atoms with Crippen LogP contribution < -0.4 is 5.73 Å². The van der Waals surface area contributed by atoms with Gasteiger partial charge in [0.15, 0.2) is 9.84 Å². The van der Waals surface area contributed by atoms with Crippen molar-refractivity contribution < 1.29 is 8.42 Å². The van der Waals surface area contributed by atoms with E-state index < -0.39 is 9.84 Å². The minimum atomic E-state index is -3.19. The Kier molecular flexibility index (Phi) is 4.54. The highest BCUT2D eigenvalue weighted by Crippen LogP contribution is 2.40. The number of hydrogen-bond donors (Lipinski definition) is 1. The molecule has 0 spiro atoms. The van der Waals surface area contributed by atoms with Crippen molar-refractivity contribution >= 4 is 50.5 Å². The maximum absolute atomic E-state index is 11.4. The molecule has 0 atom stereocenters. The molecule has 0 radical (unpaired) electrons. The molecule has 2 N–H and O–H groups in total. The van der Waals surface area contributed by atoms with Crippen LogP contribution in [0.5, 0.6) is 0 Å². The van der Waals surface area contributed by atoms with Crippen LogP contribution in [0.15, 0.2) is 51.1 Å². The van der Waals surface area contributed by atoms with Crippen LogP contribution in [0, 0.1) is 0 Å². The van der Waals surface area contributed by atoms with E-state index in [0.717, 1.165) is 4.90 Å². The second-order valence-electron chi connectivity index (χ2n) is 4.16. The first-order chi connectivity index (χ1) is 9.27. The van der Waals surface area contributed by atoms with Crippen LogP contribution in [0.1, 0.15) is 0 Å². The van der Waals surface area contributed by atoms with Gasteiger partial charge in [0.1, 0.15) is 0 Å². The first kappa shape index (κ1) is 15.5. The molecule has 0 aromatic heterocycles. The normalized spacial score (nSPS) is 11.6. The summed E-state index contributed by atoms with van der Waals surface area (Å²) in [6.07, 6.45) is 1.17. The Morgan fingerprint density at radius 3 is 2.00 bits per heavy atom. The Bertz CT molecular complexity index is 720. The molecular weight excluding hydrogens is 337 g/mol. The zero-order valence-corrected chi connectivity index (χ0v) is 13.6. The van der Waals surface area contributed by atoms with Crippen LogP contribution in [-0.4, -0.2) is 14.7 Å². The third-order valence-electron chi connectivity index (χ3n) is 2.49. The van der Waals surface area contributed by atoms with Crippen molar-refractivity contribution in [3.8, 4) is 0 Å². The molecule has 0 heterocycles. The summed E-state index contributed by atoms with van der Waals surface area (Å²) in [6.45, 7) is 0. The summed E-state index contributed by atoms with van der Waals surface area (Å²) in [5.41, 5.74) is 6.14. The topological polar surface area (TPSA) is 60.2 Å². The summed E-state index contributed by atoms with van der Waals surface area (Å²) in [6, 6.07) is 9.78. The number of halogens is 2. The number of anilines is 1. The summed E-state index contributed by atoms with van der Waals surface area (Å²) in [7, 11) is -3.19. The average molecular weight is 348 g/mol. The molecule has 20 heavy (non-hydrogen) atoms. The number of nitrogens with two attached hydrogens (primary N) is 1. The van der Waals surface area contributed by atoms with Crippen molar-refractivity contribution in [3.05, 3.63) is 46.4 Å². The molecule has 0 bridgehead atoms. The quantitative estimate of drug-likeness (QED) is 0.848. The maximum Gasteiger partial charge on any atom is 0.175 e. The third-order valence-corrected chi connectivity index (χ3v) is 5.59. The first-order valence-electron chi connectivity index (χ1n) is 5.50. The van der Waals surface area contributed by atoms with Gasteiger partial charge in [-0.3, -0.25) is 0 Å². The van der Waals surface area contributed by atoms with E-state index in [-0.39, 0.29) is 4.90 Å². The summed E-state index contributed by atoms with van der Waals surface area (Å²) in [5.74, 6) is 0. The molecule has 2 rings (SSSR count). The minimum absolute atomic E-state index is 0.274. The van der Waals surface area contributed by atoms with Gasteiger partial charge in [0.25, 0.3) is 0 Å². The van der Waals surface area contributed by atoms with Crippen LogP contribution in [-0.2, 0) is 9.84 Å². The highest BCUT2D eigenvalue weighted by molar-refractivity contribution is 7.99. The molecule has 2 aromatic rings. The Morgan fingerprint density at radius 1 is 1.05 bits per heavy atom. The number of nitrogen functional groups attached to an aromatic ring is 1. The zero-order chi connectivity index (χ0) is 14.9. The molecule has 7 heteroatoms. The van der Waals surface area contributed by atoms with Crippen LogP contribution >= 0.6 is 35.0 Å². The average Bonchev–Trinajstić information content (AvgIpc) is 2.33. The third kappa shape index (κ3) is 3.61. The Hall–Kier alpha value is -0.880. The van der Waals surface area contributed by atoms with Gasteiger partial charge >= 0.3 is 0 Å². The molecule has 0 unspecified atom stereocenters. The van der Waals surface area contributed by atoms with Crippen LogP contribution in [0.3, 0.4) is 0 Å². The number of rotatable bonds is 3. The van der Waals surface area contributed by atoms with Crippen molar-refractivity contribution in [2.75, 3.05) is 12.0 Å². The Balaban J connectivity index is 2.32. The molecular formula is C13H11Cl2NO2S2. The van der Waals surface area contributed by atoms with Crippen molar-refractivity contribution in [2.45, 2.75) is 14.7 Å². The molecule has 0 aliphatic rings. The van der Waals surface area contributed by atoms with E-state index in [9.17, 15) is 8.42 Å². The molecule has 0 aliphatic carbocycles. The van der Waals surface area contributed by atoms with Gasteiger partial charge in [0.2, 0.25) is 0 Å². The number of hydrogen-bond acceptors (Lipinski definition) is 4. The monoisotopic (exact) mass is 347 g/mol. The fourth-order valence-corrected chi connectivity index (χ4v) is 3.74. The van der Waals surface area contributed by atoms with E-state index in [2.05, 4.69) is 0 Å². The van der Waals surface area contributed by atoms with Crippen molar-refractivity contribution in [3.63, 3.8) is 0 Å². The number of benzene rings is 2. The SMILES string of the molecule is CS(=O)(=O)c1ccc(Sc2c(Cl)cc(N)cc2Cl)cc1. The van der Waals surface area contributed by atoms with E-state index in [4.69, 9.17) is 28.9 Å². The van der Waals surface area contributed by atoms with Gasteiger partial charge in [-0.15, -0.1) is 0 Å². The molecule has 2 aromatic carbocycles. The molecule has 0 saturated carbocycles. The Morgan fingerprint density at radius 2 is 1.55 bits per heavy atom. The lowest BCUT2D eigenvalue weighted by molar-refractivity contribution is 0.602. The Labute approximate surface area is 132 Å². The fourth-order valence-electron chi connectivity index (χ4n) is 1.55. The zero-order valence-electron chi connectivity index (χ0n) is 10.4. The van der Waals surface area contributed by atoms with Gasteiger partial charge in [-0.25, -0.2) is 8.42 Å². The fraction of sp³-hybridized carbons (Fsp3) is 0.0769. The summed E-state index contributed by atoms with van der Waals surface area (Å²) >= 11 is 13.6. The summed E-state index contributed by atoms with van der Waals surface area (Å²) < 4.78 is 22.8. The van der Waals surface area contributed by atoms with Crippen molar-refractivity contribution in [1.29, 1.82) is 0 Å². The molecule has 0 saturated heterocycles. The number of sulfone groups is 1. The minimum Gasteiger partial charge on any atom is -0.399 e. The summed E-state index contributed by atoms with van der Waals surface area (Å²) in [5, 5.41) is 0.930. The highest BCUT2D eigenvalue weighted by atomic mass is 35.5. The van der Waals surface area contributed by atoms with Gasteiger partial charge in [0, 0.05) is 21.7 Å². The van der Waals surface area contributed by atoms with E-state index in [1.165, 1.54) is 18.0 Å². The molecule has 0 amide bonds. The predicted octanol–water partition coefficient (Wildman–Crippen LogP) is 4.13. The van der Waals surface area contributed by atoms with Gasteiger partial charge < -0.3 is 5.73 Å². The smallest absolute Gasteiger partial charge is 0.175 e. The lowest BCUT2D eigenvalue weighted by atomic mass is 10.3. The lowest BCUT2D eigenvalue weighted by Crippen LogP contribution is -1.96. The van der Waals surface area contributed by atoms with Crippen LogP contribution in [0.4, 0.5) is 5.69 Å². The molecule has 3 nitrogen and oxygen atoms in total. The van der Waals surface area contributed by atoms with Gasteiger partial charge in [-0.05, 0) is 36.4 Å². The van der Waals surface area contributed by atoms with Crippen molar-refractivity contribution in [1.82, 2.24) is 0 Å². The standard InChI is InChI=1S/C13H11Cl2NO2S2/c1-20(17,18)10-4-2-9(3-5-10)19-13-11(14)6-8(16)7-12(13)15/h2-7H,16H2,1H3. The predicted molar refractivity (Wildman–Crippen MR) is 84.5 cm³/mol. The van der Waals surface area contributed by atoms with Crippen LogP contribution in [0.25, 0.3) is 0 Å². The van der Waals surface area contributed by atoms with E-state index in [1.54, 1.807) is 36.4 Å². The van der Waals surface area contributed by atoms with E-state index in [1.807, 2.05) is 0 Å². The molecule has 106 valence electrons. The summed E-state index contributed by atoms with van der Waals surface area (Å²) in [4.78, 5) is 1.80. The van der Waals surface area contributed by atoms with E-state index >= 15 is 0 Å². The molecule has 0 aliphatic heterocycles. The van der Waals surface area contributed by atoms with Gasteiger partial charge in [-0.1, -0.05) is 35.0 Å². The van der Waals surface area contributed by atoms with Crippen LogP contribution in [0.2, 0.25) is 10.0 Å². The highest BCUT2D eigenvalue weighted by Gasteiger charge is 2.11. The van der Waals surface area contributed by atoms with Gasteiger partial charge in [0.05, 0.1) is 14.9 Å². The second-order valence-corrected chi connectivity index (χ2v) is 8.07. The second kappa shape index (κ2) is 5.85. The largest absolute Gasteiger partial charge is 0.399 e. The molecule has 0 fully saturated rings. The maximum atomic E-state index is 11.4. The van der Waals surface area contributed by atoms with E-state index in [0.29, 0.717) is 20.6 Å². The lowest BCUT2D eigenvalue weighted by Gasteiger charge is -2.08. The van der Waals surface area contributed by atoms with Crippen molar-refractivity contribution in [2.24, 2.45) is 0 Å². The first-order valence-corrected chi connectivity index (χ1v) is 8.96.